The quantitative estimate of drug-likeness (QED) is 0.793. The second kappa shape index (κ2) is 5.78. The van der Waals surface area contributed by atoms with Crippen LogP contribution in [0.15, 0.2) is 29.4 Å². The van der Waals surface area contributed by atoms with E-state index in [2.05, 4.69) is 30.7 Å². The zero-order chi connectivity index (χ0) is 15.7. The van der Waals surface area contributed by atoms with Crippen LogP contribution < -0.4 is 4.74 Å². The Labute approximate surface area is 130 Å². The van der Waals surface area contributed by atoms with E-state index >= 15 is 0 Å². The van der Waals surface area contributed by atoms with Gasteiger partial charge in [-0.2, -0.15) is 0 Å². The molecular formula is C16H21ClN2O2. The monoisotopic (exact) mass is 308 g/mol. The first-order valence-corrected chi connectivity index (χ1v) is 7.20. The van der Waals surface area contributed by atoms with Crippen LogP contribution in [0.1, 0.15) is 32.9 Å². The standard InChI is InChI=1S/C16H21ClN2O2/c1-15(2,3)13-10-16(21-5,6-7-18-13)12-8-11(20-4)9-14(17)19-12/h6-9H,10H2,1-5H3. The predicted octanol–water partition coefficient (Wildman–Crippen LogP) is 3.99. The lowest BCUT2D eigenvalue weighted by molar-refractivity contribution is 0.0288. The molecule has 0 N–H and O–H groups in total. The Morgan fingerprint density at radius 1 is 1.24 bits per heavy atom. The number of aliphatic imine (C=N–C) groups is 1. The number of aromatic nitrogens is 1. The minimum atomic E-state index is -0.664. The molecule has 4 nitrogen and oxygen atoms in total. The molecule has 0 aliphatic carbocycles. The van der Waals surface area contributed by atoms with Crippen molar-refractivity contribution in [3.63, 3.8) is 0 Å². The van der Waals surface area contributed by atoms with Crippen LogP contribution in [-0.4, -0.2) is 24.9 Å². The van der Waals surface area contributed by atoms with Crippen molar-refractivity contribution in [2.24, 2.45) is 10.4 Å². The first-order chi connectivity index (χ1) is 9.80. The Morgan fingerprint density at radius 2 is 1.95 bits per heavy atom. The molecular weight excluding hydrogens is 288 g/mol. The largest absolute Gasteiger partial charge is 0.497 e. The number of rotatable bonds is 3. The van der Waals surface area contributed by atoms with E-state index < -0.39 is 5.60 Å². The Hall–Kier alpha value is -1.39. The molecule has 0 amide bonds. The van der Waals surface area contributed by atoms with Crippen molar-refractivity contribution < 1.29 is 9.47 Å². The van der Waals surface area contributed by atoms with Crippen LogP contribution in [0.2, 0.25) is 5.15 Å². The van der Waals surface area contributed by atoms with Crippen molar-refractivity contribution in [1.29, 1.82) is 0 Å². The Kier molecular flexibility index (Phi) is 4.40. The van der Waals surface area contributed by atoms with E-state index in [1.807, 2.05) is 12.1 Å². The molecule has 5 heteroatoms. The smallest absolute Gasteiger partial charge is 0.135 e. The average Bonchev–Trinajstić information content (AvgIpc) is 2.45. The van der Waals surface area contributed by atoms with Crippen LogP contribution in [0, 0.1) is 5.41 Å². The van der Waals surface area contributed by atoms with Gasteiger partial charge in [0.25, 0.3) is 0 Å². The molecule has 114 valence electrons. The van der Waals surface area contributed by atoms with Gasteiger partial charge in [-0.15, -0.1) is 0 Å². The minimum Gasteiger partial charge on any atom is -0.497 e. The Morgan fingerprint density at radius 3 is 2.52 bits per heavy atom. The molecule has 0 radical (unpaired) electrons. The molecule has 0 aromatic carbocycles. The van der Waals surface area contributed by atoms with Crippen LogP contribution in [0.25, 0.3) is 0 Å². The van der Waals surface area contributed by atoms with Gasteiger partial charge >= 0.3 is 0 Å². The molecule has 2 rings (SSSR count). The van der Waals surface area contributed by atoms with Crippen molar-refractivity contribution in [3.8, 4) is 5.75 Å². The zero-order valence-electron chi connectivity index (χ0n) is 13.1. The number of halogens is 1. The van der Waals surface area contributed by atoms with Crippen LogP contribution in [0.4, 0.5) is 0 Å². The van der Waals surface area contributed by atoms with Gasteiger partial charge in [-0.3, -0.25) is 4.99 Å². The maximum atomic E-state index is 6.09. The van der Waals surface area contributed by atoms with Crippen molar-refractivity contribution in [1.82, 2.24) is 4.98 Å². The molecule has 1 unspecified atom stereocenters. The van der Waals surface area contributed by atoms with E-state index in [4.69, 9.17) is 21.1 Å². The lowest BCUT2D eigenvalue weighted by Crippen LogP contribution is -2.36. The number of ether oxygens (including phenoxy) is 2. The maximum Gasteiger partial charge on any atom is 0.135 e. The van der Waals surface area contributed by atoms with Gasteiger partial charge in [-0.25, -0.2) is 4.98 Å². The summed E-state index contributed by atoms with van der Waals surface area (Å²) in [6, 6.07) is 3.53. The third-order valence-electron chi connectivity index (χ3n) is 3.67. The van der Waals surface area contributed by atoms with E-state index in [9.17, 15) is 0 Å². The third kappa shape index (κ3) is 3.27. The molecule has 1 aromatic rings. The summed E-state index contributed by atoms with van der Waals surface area (Å²) in [4.78, 5) is 8.92. The molecule has 0 fully saturated rings. The fraction of sp³-hybridized carbons (Fsp3) is 0.500. The summed E-state index contributed by atoms with van der Waals surface area (Å²) in [6.07, 6.45) is 4.34. The minimum absolute atomic E-state index is 0.0306. The maximum absolute atomic E-state index is 6.09. The van der Waals surface area contributed by atoms with E-state index in [1.165, 1.54) is 0 Å². The lowest BCUT2D eigenvalue weighted by Gasteiger charge is -2.35. The van der Waals surface area contributed by atoms with Gasteiger partial charge in [-0.05, 0) is 6.08 Å². The van der Waals surface area contributed by atoms with Crippen molar-refractivity contribution >= 4 is 17.3 Å². The van der Waals surface area contributed by atoms with E-state index in [0.717, 1.165) is 11.4 Å². The molecule has 0 spiro atoms. The lowest BCUT2D eigenvalue weighted by atomic mass is 9.79. The van der Waals surface area contributed by atoms with E-state index in [1.54, 1.807) is 26.5 Å². The van der Waals surface area contributed by atoms with Crippen LogP contribution >= 0.6 is 11.6 Å². The number of methoxy groups -OCH3 is 2. The number of hydrogen-bond acceptors (Lipinski definition) is 4. The van der Waals surface area contributed by atoms with Gasteiger partial charge < -0.3 is 9.47 Å². The van der Waals surface area contributed by atoms with Crippen molar-refractivity contribution in [2.45, 2.75) is 32.8 Å². The molecule has 1 aromatic heterocycles. The third-order valence-corrected chi connectivity index (χ3v) is 3.86. The molecule has 21 heavy (non-hydrogen) atoms. The van der Waals surface area contributed by atoms with Crippen LogP contribution in [0.3, 0.4) is 0 Å². The fourth-order valence-corrected chi connectivity index (χ4v) is 2.49. The first kappa shape index (κ1) is 16.0. The SMILES string of the molecule is COc1cc(Cl)nc(C2(OC)C=CN=C(C(C)(C)C)C2)c1. The second-order valence-electron chi connectivity index (χ2n) is 6.13. The molecule has 1 aliphatic rings. The normalized spacial score (nSPS) is 22.1. The van der Waals surface area contributed by atoms with E-state index in [-0.39, 0.29) is 5.41 Å². The molecule has 2 heterocycles. The molecule has 0 saturated carbocycles. The van der Waals surface area contributed by atoms with Gasteiger partial charge in [0.1, 0.15) is 16.5 Å². The highest BCUT2D eigenvalue weighted by atomic mass is 35.5. The topological polar surface area (TPSA) is 43.7 Å². The van der Waals surface area contributed by atoms with Crippen LogP contribution in [0.5, 0.6) is 5.75 Å². The van der Waals surface area contributed by atoms with Gasteiger partial charge in [0.2, 0.25) is 0 Å². The zero-order valence-corrected chi connectivity index (χ0v) is 13.9. The number of pyridine rings is 1. The number of nitrogens with zero attached hydrogens (tertiary/aromatic N) is 2. The van der Waals surface area contributed by atoms with E-state index in [0.29, 0.717) is 17.3 Å². The highest BCUT2D eigenvalue weighted by molar-refractivity contribution is 6.29. The number of hydrogen-bond donors (Lipinski definition) is 0. The van der Waals surface area contributed by atoms with Gasteiger partial charge in [0.05, 0.1) is 12.8 Å². The van der Waals surface area contributed by atoms with Gasteiger partial charge in [0.15, 0.2) is 0 Å². The van der Waals surface area contributed by atoms with Gasteiger partial charge in [-0.1, -0.05) is 32.4 Å². The highest BCUT2D eigenvalue weighted by Crippen LogP contribution is 2.38. The van der Waals surface area contributed by atoms with Crippen molar-refractivity contribution in [2.75, 3.05) is 14.2 Å². The molecule has 0 saturated heterocycles. The highest BCUT2D eigenvalue weighted by Gasteiger charge is 2.38. The fourth-order valence-electron chi connectivity index (χ4n) is 2.29. The average molecular weight is 309 g/mol. The molecule has 1 atom stereocenters. The summed E-state index contributed by atoms with van der Waals surface area (Å²) in [6.45, 7) is 6.41. The predicted molar refractivity (Wildman–Crippen MR) is 85.1 cm³/mol. The summed E-state index contributed by atoms with van der Waals surface area (Å²) in [7, 11) is 3.28. The summed E-state index contributed by atoms with van der Waals surface area (Å²) in [5.41, 5.74) is 1.09. The summed E-state index contributed by atoms with van der Waals surface area (Å²) in [5, 5.41) is 0.383. The molecule has 0 bridgehead atoms. The second-order valence-corrected chi connectivity index (χ2v) is 6.51. The van der Waals surface area contributed by atoms with Gasteiger partial charge in [0, 0.05) is 43.0 Å². The Balaban J connectivity index is 2.47. The van der Waals surface area contributed by atoms with Crippen molar-refractivity contribution in [3.05, 3.63) is 35.3 Å². The molecule has 1 aliphatic heterocycles. The summed E-state index contributed by atoms with van der Waals surface area (Å²) < 4.78 is 11.1. The summed E-state index contributed by atoms with van der Waals surface area (Å²) in [5.74, 6) is 0.662. The Bertz CT molecular complexity index is 590. The van der Waals surface area contributed by atoms with Crippen LogP contribution in [-0.2, 0) is 10.3 Å². The summed E-state index contributed by atoms with van der Waals surface area (Å²) >= 11 is 6.09. The first-order valence-electron chi connectivity index (χ1n) is 6.83.